The predicted molar refractivity (Wildman–Crippen MR) is 273 cm³/mol. The number of hydrogen-bond donors (Lipinski definition) is 2. The third kappa shape index (κ3) is 9.55. The summed E-state index contributed by atoms with van der Waals surface area (Å²) in [6.07, 6.45) is 5.75. The largest absolute Gasteiger partial charge is 0.457 e. The Hall–Kier alpha value is -6.67. The van der Waals surface area contributed by atoms with Gasteiger partial charge in [-0.1, -0.05) is 13.8 Å². The highest BCUT2D eigenvalue weighted by atomic mass is 32.1. The highest BCUT2D eigenvalue weighted by Gasteiger charge is 2.28. The van der Waals surface area contributed by atoms with Gasteiger partial charge in [0.05, 0.1) is 47.3 Å². The Balaban J connectivity index is 0.000000164. The number of thiazole rings is 2. The monoisotopic (exact) mass is 971 g/mol. The lowest BCUT2D eigenvalue weighted by Crippen LogP contribution is -2.49. The van der Waals surface area contributed by atoms with E-state index < -0.39 is 0 Å². The van der Waals surface area contributed by atoms with Crippen molar-refractivity contribution in [2.24, 2.45) is 4.99 Å². The first kappa shape index (κ1) is 46.1. The number of aliphatic imine (C=N–C) groups is 1. The number of aliphatic hydroxyl groups excluding tert-OH is 1. The predicted octanol–water partition coefficient (Wildman–Crippen LogP) is 8.13. The Bertz CT molecular complexity index is 3060. The van der Waals surface area contributed by atoms with Crippen molar-refractivity contribution in [1.29, 1.82) is 0 Å². The quantitative estimate of drug-likeness (QED) is 0.130. The number of anilines is 6. The Labute approximate surface area is 407 Å². The number of aryl methyl sites for hydroxylation is 2. The molecular weight excluding hydrogens is 917 g/mol. The zero-order valence-corrected chi connectivity index (χ0v) is 40.7. The van der Waals surface area contributed by atoms with Gasteiger partial charge in [0.25, 0.3) is 6.02 Å². The number of pyridine rings is 2. The number of imidazole rings is 2. The zero-order chi connectivity index (χ0) is 47.6. The molecule has 0 saturated carbocycles. The number of nitrogens with zero attached hydrogens (tertiary/aromatic N) is 12. The summed E-state index contributed by atoms with van der Waals surface area (Å²) in [6.45, 7) is 12.0. The first-order valence-electron chi connectivity index (χ1n) is 23.4. The summed E-state index contributed by atoms with van der Waals surface area (Å²) >= 11 is 3.13. The number of ether oxygens (including phenoxy) is 1. The first-order chi connectivity index (χ1) is 33.7. The van der Waals surface area contributed by atoms with Crippen LogP contribution < -0.4 is 24.9 Å². The summed E-state index contributed by atoms with van der Waals surface area (Å²) in [5, 5.41) is 18.5. The van der Waals surface area contributed by atoms with Gasteiger partial charge in [0.15, 0.2) is 10.3 Å². The summed E-state index contributed by atoms with van der Waals surface area (Å²) in [5.41, 5.74) is 9.67. The maximum atomic E-state index is 13.4. The topological polar surface area (TPSA) is 130 Å². The fourth-order valence-electron chi connectivity index (χ4n) is 8.97. The Morgan fingerprint density at radius 3 is 1.55 bits per heavy atom. The molecule has 2 fully saturated rings. The molecule has 2 N–H and O–H groups in total. The van der Waals surface area contributed by atoms with Crippen LogP contribution in [0, 0.1) is 11.6 Å². The minimum Gasteiger partial charge on any atom is -0.457 e. The van der Waals surface area contributed by atoms with Crippen LogP contribution in [0.2, 0.25) is 0 Å². The molecule has 1 unspecified atom stereocenters. The molecule has 6 aromatic heterocycles. The summed E-state index contributed by atoms with van der Waals surface area (Å²) in [7, 11) is 4.05. The van der Waals surface area contributed by atoms with E-state index in [1.54, 1.807) is 46.9 Å². The maximum Gasteiger partial charge on any atom is 0.287 e. The number of nitrogens with one attached hydrogen (secondary N) is 1. The smallest absolute Gasteiger partial charge is 0.287 e. The molecule has 2 saturated heterocycles. The molecule has 3 aliphatic heterocycles. The highest BCUT2D eigenvalue weighted by Crippen LogP contribution is 2.36. The van der Waals surface area contributed by atoms with Crippen LogP contribution >= 0.6 is 22.7 Å². The number of amidine groups is 1. The van der Waals surface area contributed by atoms with Gasteiger partial charge in [-0.2, -0.15) is 0 Å². The van der Waals surface area contributed by atoms with E-state index in [0.29, 0.717) is 12.6 Å². The van der Waals surface area contributed by atoms with Gasteiger partial charge in [0.1, 0.15) is 40.7 Å². The molecule has 8 aromatic rings. The number of hydrogen-bond acceptors (Lipinski definition) is 15. The molecule has 11 rings (SSSR count). The SMILES string of the molecule is CCc1nc2ccc(N3CCN(C4=NCC(CO)O4)CC3)cn2c1N(C)c1nc(-c2ccc(F)cc2)cs1.CCc1nc2ccc(N3CCNCC3)cn2c1N(C)c1nc(-c2ccc(F)cc2)cs1. The van der Waals surface area contributed by atoms with E-state index in [1.807, 2.05) is 24.9 Å². The molecule has 1 atom stereocenters. The second kappa shape index (κ2) is 20.1. The average Bonchev–Trinajstić information content (AvgIpc) is 4.26. The van der Waals surface area contributed by atoms with Crippen molar-refractivity contribution >= 4 is 73.3 Å². The van der Waals surface area contributed by atoms with Crippen LogP contribution in [0.3, 0.4) is 0 Å². The second-order valence-electron chi connectivity index (χ2n) is 17.1. The fraction of sp³-hybridized carbons (Fsp3) is 0.340. The standard InChI is InChI=1S/C27H30FN7O2S.C23H25FN6S/c1-3-22-25(32(2)27-31-23(17-38-27)18-4-6-19(28)7-5-18)35-15-20(8-9-24(35)30-22)33-10-12-34(13-11-33)26-29-14-21(16-36)37-26;1-3-19-22(28(2)23-27-20(15-31-23)16-4-6-17(24)7-5-16)30-14-18(8-9-21(30)26-19)29-12-10-25-11-13-29/h4-9,15,17,21,36H,3,10-14,16H2,1-2H3;4-9,14-15,25H,3,10-13H2,1-2H3. The van der Waals surface area contributed by atoms with Crippen LogP contribution in [0.1, 0.15) is 25.2 Å². The molecule has 9 heterocycles. The van der Waals surface area contributed by atoms with Gasteiger partial charge in [0.2, 0.25) is 0 Å². The van der Waals surface area contributed by atoms with Crippen LogP contribution in [-0.2, 0) is 17.6 Å². The normalized spacial score (nSPS) is 16.2. The van der Waals surface area contributed by atoms with E-state index in [0.717, 1.165) is 138 Å². The van der Waals surface area contributed by atoms with E-state index >= 15 is 0 Å². The number of fused-ring (bicyclic) bond motifs is 2. The van der Waals surface area contributed by atoms with E-state index in [2.05, 4.69) is 94.1 Å². The molecule has 0 aliphatic carbocycles. The molecule has 15 nitrogen and oxygen atoms in total. The lowest BCUT2D eigenvalue weighted by atomic mass is 10.2. The van der Waals surface area contributed by atoms with Gasteiger partial charge in [-0.05, 0) is 85.6 Å². The molecule has 2 aromatic carbocycles. The van der Waals surface area contributed by atoms with Crippen LogP contribution in [0.5, 0.6) is 0 Å². The molecule has 0 spiro atoms. The number of halogens is 2. The minimum absolute atomic E-state index is 0.0110. The highest BCUT2D eigenvalue weighted by molar-refractivity contribution is 7.14. The maximum absolute atomic E-state index is 13.4. The number of aromatic nitrogens is 6. The Morgan fingerprint density at radius 1 is 0.638 bits per heavy atom. The van der Waals surface area contributed by atoms with Crippen molar-refractivity contribution < 1.29 is 18.6 Å². The van der Waals surface area contributed by atoms with Crippen molar-refractivity contribution in [3.63, 3.8) is 0 Å². The van der Waals surface area contributed by atoms with E-state index in [9.17, 15) is 13.9 Å². The summed E-state index contributed by atoms with van der Waals surface area (Å²) in [5.74, 6) is 1.53. The van der Waals surface area contributed by atoms with Crippen LogP contribution in [0.4, 0.5) is 42.1 Å². The van der Waals surface area contributed by atoms with Crippen molar-refractivity contribution in [3.05, 3.63) is 119 Å². The van der Waals surface area contributed by atoms with Gasteiger partial charge in [-0.15, -0.1) is 22.7 Å². The molecule has 358 valence electrons. The van der Waals surface area contributed by atoms with Gasteiger partial charge < -0.3 is 39.7 Å². The van der Waals surface area contributed by atoms with Crippen molar-refractivity contribution in [2.75, 3.05) is 99.2 Å². The molecule has 0 amide bonds. The van der Waals surface area contributed by atoms with E-state index in [-0.39, 0.29) is 24.3 Å². The number of piperazine rings is 2. The number of aliphatic hydroxyl groups is 1. The van der Waals surface area contributed by atoms with Gasteiger partial charge >= 0.3 is 0 Å². The van der Waals surface area contributed by atoms with Crippen molar-refractivity contribution in [2.45, 2.75) is 32.8 Å². The number of rotatable bonds is 11. The first-order valence-corrected chi connectivity index (χ1v) is 25.1. The molecular formula is C50H55F2N13O2S2. The average molecular weight is 972 g/mol. The van der Waals surface area contributed by atoms with Gasteiger partial charge in [-0.3, -0.25) is 8.80 Å². The van der Waals surface area contributed by atoms with Crippen LogP contribution in [-0.4, -0.2) is 130 Å². The van der Waals surface area contributed by atoms with Gasteiger partial charge in [-0.25, -0.2) is 33.7 Å². The summed E-state index contributed by atoms with van der Waals surface area (Å²) in [6, 6.07) is 22.0. The van der Waals surface area contributed by atoms with Crippen LogP contribution in [0.15, 0.2) is 101 Å². The molecule has 0 radical (unpaired) electrons. The Morgan fingerprint density at radius 2 is 1.10 bits per heavy atom. The molecule has 69 heavy (non-hydrogen) atoms. The number of benzene rings is 2. The lowest BCUT2D eigenvalue weighted by molar-refractivity contribution is 0.110. The molecule has 3 aliphatic rings. The minimum atomic E-state index is -0.257. The van der Waals surface area contributed by atoms with Gasteiger partial charge in [0, 0.05) is 101 Å². The van der Waals surface area contributed by atoms with Crippen molar-refractivity contribution in [1.82, 2.24) is 39.0 Å². The lowest BCUT2D eigenvalue weighted by Gasteiger charge is -2.36. The zero-order valence-electron chi connectivity index (χ0n) is 39.1. The summed E-state index contributed by atoms with van der Waals surface area (Å²) < 4.78 is 36.7. The van der Waals surface area contributed by atoms with Crippen LogP contribution in [0.25, 0.3) is 33.8 Å². The summed E-state index contributed by atoms with van der Waals surface area (Å²) in [4.78, 5) is 35.0. The van der Waals surface area contributed by atoms with E-state index in [1.165, 1.54) is 30.0 Å². The fourth-order valence-corrected chi connectivity index (χ4v) is 10.6. The third-order valence-electron chi connectivity index (χ3n) is 12.7. The second-order valence-corrected chi connectivity index (χ2v) is 18.8. The third-order valence-corrected chi connectivity index (χ3v) is 14.6. The van der Waals surface area contributed by atoms with E-state index in [4.69, 9.17) is 24.7 Å². The van der Waals surface area contributed by atoms with Crippen molar-refractivity contribution in [3.8, 4) is 22.5 Å². The Kier molecular flexibility index (Phi) is 13.4. The molecule has 0 bridgehead atoms. The molecule has 19 heteroatoms.